The van der Waals surface area contributed by atoms with E-state index in [0.717, 1.165) is 49.4 Å². The molecular formula is C20H24N4O. The molecule has 0 aliphatic carbocycles. The summed E-state index contributed by atoms with van der Waals surface area (Å²) < 4.78 is 0. The Labute approximate surface area is 148 Å². The highest BCUT2D eigenvalue weighted by Crippen LogP contribution is 2.26. The van der Waals surface area contributed by atoms with Gasteiger partial charge < -0.3 is 10.6 Å². The molecule has 0 saturated carbocycles. The summed E-state index contributed by atoms with van der Waals surface area (Å²) in [4.78, 5) is 12.8. The van der Waals surface area contributed by atoms with Crippen molar-refractivity contribution >= 4 is 11.6 Å². The van der Waals surface area contributed by atoms with E-state index in [1.807, 2.05) is 30.3 Å². The Morgan fingerprint density at radius 3 is 2.40 bits per heavy atom. The van der Waals surface area contributed by atoms with Crippen LogP contribution in [0.1, 0.15) is 39.7 Å². The van der Waals surface area contributed by atoms with E-state index in [-0.39, 0.29) is 5.91 Å². The van der Waals surface area contributed by atoms with Gasteiger partial charge in [0.1, 0.15) is 0 Å². The minimum atomic E-state index is -0.0283. The third kappa shape index (κ3) is 3.58. The first-order valence-corrected chi connectivity index (χ1v) is 8.98. The van der Waals surface area contributed by atoms with Gasteiger partial charge >= 0.3 is 0 Å². The maximum Gasteiger partial charge on any atom is 0.255 e. The molecule has 2 aromatic carbocycles. The normalized spacial score (nSPS) is 20.7. The van der Waals surface area contributed by atoms with Crippen molar-refractivity contribution in [3.05, 3.63) is 65.2 Å². The van der Waals surface area contributed by atoms with E-state index in [0.29, 0.717) is 11.8 Å². The number of hydrazine groups is 1. The fraction of sp³-hybridized carbons (Fsp3) is 0.350. The van der Waals surface area contributed by atoms with E-state index in [1.165, 1.54) is 5.56 Å². The molecule has 130 valence electrons. The molecule has 1 amide bonds. The summed E-state index contributed by atoms with van der Waals surface area (Å²) >= 11 is 0. The molecule has 2 saturated heterocycles. The third-order valence-electron chi connectivity index (χ3n) is 5.17. The Hall–Kier alpha value is -2.21. The smallest absolute Gasteiger partial charge is 0.255 e. The Bertz CT molecular complexity index is 732. The average molecular weight is 336 g/mol. The summed E-state index contributed by atoms with van der Waals surface area (Å²) in [7, 11) is 0. The van der Waals surface area contributed by atoms with Crippen LogP contribution < -0.4 is 21.5 Å². The molecule has 2 aromatic rings. The third-order valence-corrected chi connectivity index (χ3v) is 5.17. The van der Waals surface area contributed by atoms with Gasteiger partial charge in [0.15, 0.2) is 0 Å². The van der Waals surface area contributed by atoms with Crippen molar-refractivity contribution in [1.82, 2.24) is 16.2 Å². The molecule has 1 unspecified atom stereocenters. The predicted octanol–water partition coefficient (Wildman–Crippen LogP) is 2.21. The number of carbonyl (C=O) groups is 1. The molecular weight excluding hydrogens is 312 g/mol. The number of benzene rings is 2. The molecule has 0 aromatic heterocycles. The highest BCUT2D eigenvalue weighted by Gasteiger charge is 2.22. The van der Waals surface area contributed by atoms with Crippen molar-refractivity contribution in [3.63, 3.8) is 0 Å². The maximum absolute atomic E-state index is 12.8. The number of hydrogen-bond acceptors (Lipinski definition) is 4. The van der Waals surface area contributed by atoms with Crippen molar-refractivity contribution in [1.29, 1.82) is 0 Å². The van der Waals surface area contributed by atoms with Crippen LogP contribution in [0, 0.1) is 0 Å². The Balaban J connectivity index is 1.48. The summed E-state index contributed by atoms with van der Waals surface area (Å²) in [6, 6.07) is 16.1. The second-order valence-electron chi connectivity index (χ2n) is 6.81. The minimum Gasteiger partial charge on any atom is -0.322 e. The molecule has 2 fully saturated rings. The van der Waals surface area contributed by atoms with Crippen molar-refractivity contribution in [2.75, 3.05) is 31.5 Å². The van der Waals surface area contributed by atoms with Crippen LogP contribution in [0.25, 0.3) is 0 Å². The molecule has 4 N–H and O–H groups in total. The Morgan fingerprint density at radius 2 is 1.68 bits per heavy atom. The summed E-state index contributed by atoms with van der Waals surface area (Å²) in [5.74, 6) is 0.881. The molecule has 25 heavy (non-hydrogen) atoms. The zero-order valence-electron chi connectivity index (χ0n) is 14.2. The minimum absolute atomic E-state index is 0.0283. The lowest BCUT2D eigenvalue weighted by Gasteiger charge is -2.15. The van der Waals surface area contributed by atoms with Crippen LogP contribution in [0.15, 0.2) is 48.5 Å². The zero-order chi connectivity index (χ0) is 17.1. The van der Waals surface area contributed by atoms with E-state index < -0.39 is 0 Å². The van der Waals surface area contributed by atoms with Gasteiger partial charge in [-0.15, -0.1) is 0 Å². The number of rotatable bonds is 4. The second-order valence-corrected chi connectivity index (χ2v) is 6.81. The van der Waals surface area contributed by atoms with Gasteiger partial charge in [-0.3, -0.25) is 15.6 Å². The molecule has 0 spiro atoms. The van der Waals surface area contributed by atoms with Crippen LogP contribution in [0.3, 0.4) is 0 Å². The summed E-state index contributed by atoms with van der Waals surface area (Å²) in [5.41, 5.74) is 10.3. The monoisotopic (exact) mass is 336 g/mol. The van der Waals surface area contributed by atoms with Crippen LogP contribution in [0.4, 0.5) is 5.69 Å². The van der Waals surface area contributed by atoms with E-state index >= 15 is 0 Å². The number of nitrogens with one attached hydrogen (secondary N) is 4. The van der Waals surface area contributed by atoms with Crippen molar-refractivity contribution in [2.45, 2.75) is 18.3 Å². The quantitative estimate of drug-likeness (QED) is 0.691. The zero-order valence-corrected chi connectivity index (χ0v) is 14.2. The van der Waals surface area contributed by atoms with Gasteiger partial charge in [-0.25, -0.2) is 0 Å². The van der Waals surface area contributed by atoms with Crippen LogP contribution >= 0.6 is 0 Å². The molecule has 5 nitrogen and oxygen atoms in total. The molecule has 5 heteroatoms. The summed E-state index contributed by atoms with van der Waals surface area (Å²) in [6.07, 6.45) is 1.09. The largest absolute Gasteiger partial charge is 0.322 e. The molecule has 2 aliphatic rings. The number of anilines is 1. The van der Waals surface area contributed by atoms with E-state index in [9.17, 15) is 4.79 Å². The highest BCUT2D eigenvalue weighted by atomic mass is 16.1. The number of hydrogen-bond donors (Lipinski definition) is 4. The number of amides is 1. The fourth-order valence-corrected chi connectivity index (χ4v) is 3.72. The SMILES string of the molecule is O=C(Nc1ccc(C2CNNC2)cc1)c1ccccc1C1CCNC1. The standard InChI is InChI=1S/C20H24N4O/c25-20(19-4-2-1-3-18(19)15-9-10-21-11-15)24-17-7-5-14(6-8-17)16-12-22-23-13-16/h1-8,15-16,21-23H,9-13H2,(H,24,25). The predicted molar refractivity (Wildman–Crippen MR) is 99.8 cm³/mol. The second kappa shape index (κ2) is 7.35. The van der Waals surface area contributed by atoms with Crippen molar-refractivity contribution in [2.24, 2.45) is 0 Å². The van der Waals surface area contributed by atoms with Gasteiger partial charge in [-0.05, 0) is 48.2 Å². The van der Waals surface area contributed by atoms with Crippen molar-refractivity contribution < 1.29 is 4.79 Å². The molecule has 2 heterocycles. The van der Waals surface area contributed by atoms with E-state index in [2.05, 4.69) is 39.7 Å². The van der Waals surface area contributed by atoms with E-state index in [4.69, 9.17) is 0 Å². The lowest BCUT2D eigenvalue weighted by molar-refractivity contribution is 0.102. The number of carbonyl (C=O) groups excluding carboxylic acids is 1. The fourth-order valence-electron chi connectivity index (χ4n) is 3.72. The van der Waals surface area contributed by atoms with Crippen LogP contribution in [0.5, 0.6) is 0 Å². The topological polar surface area (TPSA) is 65.2 Å². The van der Waals surface area contributed by atoms with Gasteiger partial charge in [0.05, 0.1) is 0 Å². The van der Waals surface area contributed by atoms with Gasteiger partial charge in [-0.2, -0.15) is 0 Å². The van der Waals surface area contributed by atoms with Crippen LogP contribution in [-0.2, 0) is 0 Å². The van der Waals surface area contributed by atoms with Gasteiger partial charge in [-0.1, -0.05) is 30.3 Å². The van der Waals surface area contributed by atoms with Gasteiger partial charge in [0.2, 0.25) is 0 Å². The van der Waals surface area contributed by atoms with Crippen LogP contribution in [-0.4, -0.2) is 32.1 Å². The maximum atomic E-state index is 12.8. The lowest BCUT2D eigenvalue weighted by Crippen LogP contribution is -2.21. The highest BCUT2D eigenvalue weighted by molar-refractivity contribution is 6.05. The van der Waals surface area contributed by atoms with Gasteiger partial charge in [0.25, 0.3) is 5.91 Å². The first kappa shape index (κ1) is 16.3. The average Bonchev–Trinajstić information content (AvgIpc) is 3.36. The van der Waals surface area contributed by atoms with Crippen LogP contribution in [0.2, 0.25) is 0 Å². The summed E-state index contributed by atoms with van der Waals surface area (Å²) in [6.45, 7) is 3.85. The van der Waals surface area contributed by atoms with E-state index in [1.54, 1.807) is 0 Å². The lowest BCUT2D eigenvalue weighted by atomic mass is 9.93. The summed E-state index contributed by atoms with van der Waals surface area (Å²) in [5, 5.41) is 6.43. The molecule has 0 bridgehead atoms. The molecule has 1 atom stereocenters. The first-order valence-electron chi connectivity index (χ1n) is 8.98. The molecule has 0 radical (unpaired) electrons. The molecule has 2 aliphatic heterocycles. The first-order chi connectivity index (χ1) is 12.3. The van der Waals surface area contributed by atoms with Gasteiger partial charge in [0, 0.05) is 36.8 Å². The Kier molecular flexibility index (Phi) is 4.78. The van der Waals surface area contributed by atoms with Crippen molar-refractivity contribution in [3.8, 4) is 0 Å². The molecule has 4 rings (SSSR count). The Morgan fingerprint density at radius 1 is 0.920 bits per heavy atom.